The standard InChI is InChI=1S/C11H14N2/c1-2-6-10-9-12-13-8-5-3-4-7-11(10)13/h9H,3-5,7-8H2,1H3. The number of rotatable bonds is 0. The van der Waals surface area contributed by atoms with Crippen molar-refractivity contribution in [2.75, 3.05) is 0 Å². The third-order valence-corrected chi connectivity index (χ3v) is 2.49. The Morgan fingerprint density at radius 1 is 1.38 bits per heavy atom. The van der Waals surface area contributed by atoms with Crippen molar-refractivity contribution in [3.05, 3.63) is 17.5 Å². The molecule has 0 saturated carbocycles. The first-order valence-electron chi connectivity index (χ1n) is 4.89. The summed E-state index contributed by atoms with van der Waals surface area (Å²) >= 11 is 0. The van der Waals surface area contributed by atoms with Crippen LogP contribution < -0.4 is 0 Å². The van der Waals surface area contributed by atoms with Crippen molar-refractivity contribution < 1.29 is 0 Å². The lowest BCUT2D eigenvalue weighted by Crippen LogP contribution is -2.02. The monoisotopic (exact) mass is 174 g/mol. The molecule has 0 spiro atoms. The molecule has 0 saturated heterocycles. The van der Waals surface area contributed by atoms with Gasteiger partial charge in [0, 0.05) is 6.54 Å². The van der Waals surface area contributed by atoms with Crippen LogP contribution in [0.5, 0.6) is 0 Å². The van der Waals surface area contributed by atoms with Crippen LogP contribution in [-0.2, 0) is 13.0 Å². The first-order valence-corrected chi connectivity index (χ1v) is 4.89. The van der Waals surface area contributed by atoms with Crippen molar-refractivity contribution in [3.63, 3.8) is 0 Å². The lowest BCUT2D eigenvalue weighted by Gasteiger charge is -2.00. The molecule has 1 aliphatic heterocycles. The average molecular weight is 174 g/mol. The third kappa shape index (κ3) is 1.60. The van der Waals surface area contributed by atoms with Gasteiger partial charge in [0.25, 0.3) is 0 Å². The first-order chi connectivity index (χ1) is 6.42. The summed E-state index contributed by atoms with van der Waals surface area (Å²) in [6.07, 6.45) is 6.90. The van der Waals surface area contributed by atoms with Gasteiger partial charge in [0.2, 0.25) is 0 Å². The maximum atomic E-state index is 4.35. The van der Waals surface area contributed by atoms with Crippen molar-refractivity contribution in [3.8, 4) is 11.8 Å². The molecule has 0 radical (unpaired) electrons. The van der Waals surface area contributed by atoms with Crippen LogP contribution in [-0.4, -0.2) is 9.78 Å². The molecule has 2 rings (SSSR count). The van der Waals surface area contributed by atoms with E-state index >= 15 is 0 Å². The minimum atomic E-state index is 1.07. The summed E-state index contributed by atoms with van der Waals surface area (Å²) in [6, 6.07) is 0. The van der Waals surface area contributed by atoms with Gasteiger partial charge in [-0.1, -0.05) is 12.3 Å². The quantitative estimate of drug-likeness (QED) is 0.550. The van der Waals surface area contributed by atoms with Gasteiger partial charge in [0.15, 0.2) is 0 Å². The zero-order valence-electron chi connectivity index (χ0n) is 8.01. The van der Waals surface area contributed by atoms with E-state index in [4.69, 9.17) is 0 Å². The van der Waals surface area contributed by atoms with E-state index in [0.29, 0.717) is 0 Å². The van der Waals surface area contributed by atoms with Crippen LogP contribution in [0.2, 0.25) is 0 Å². The van der Waals surface area contributed by atoms with Crippen molar-refractivity contribution in [1.82, 2.24) is 9.78 Å². The van der Waals surface area contributed by atoms with E-state index in [1.165, 1.54) is 25.0 Å². The molecule has 0 amide bonds. The van der Waals surface area contributed by atoms with Crippen molar-refractivity contribution in [2.45, 2.75) is 39.2 Å². The zero-order valence-corrected chi connectivity index (χ0v) is 8.01. The second-order valence-electron chi connectivity index (χ2n) is 3.41. The predicted molar refractivity (Wildman–Crippen MR) is 52.3 cm³/mol. The summed E-state index contributed by atoms with van der Waals surface area (Å²) in [5.74, 6) is 6.05. The predicted octanol–water partition coefficient (Wildman–Crippen LogP) is 1.98. The summed E-state index contributed by atoms with van der Waals surface area (Å²) in [6.45, 7) is 2.95. The van der Waals surface area contributed by atoms with Crippen molar-refractivity contribution >= 4 is 0 Å². The minimum Gasteiger partial charge on any atom is -0.268 e. The molecular formula is C11H14N2. The molecular weight excluding hydrogens is 160 g/mol. The Bertz CT molecular complexity index is 352. The Labute approximate surface area is 79.0 Å². The SMILES string of the molecule is CC#Cc1cnn2c1CCCCC2. The highest BCUT2D eigenvalue weighted by Gasteiger charge is 2.11. The Morgan fingerprint density at radius 2 is 2.31 bits per heavy atom. The summed E-state index contributed by atoms with van der Waals surface area (Å²) in [5, 5.41) is 4.35. The summed E-state index contributed by atoms with van der Waals surface area (Å²) in [5.41, 5.74) is 2.47. The third-order valence-electron chi connectivity index (χ3n) is 2.49. The number of hydrogen-bond donors (Lipinski definition) is 0. The van der Waals surface area contributed by atoms with Crippen LogP contribution in [0.3, 0.4) is 0 Å². The Morgan fingerprint density at radius 3 is 3.15 bits per heavy atom. The molecule has 0 N–H and O–H groups in total. The van der Waals surface area contributed by atoms with E-state index in [1.807, 2.05) is 13.1 Å². The fourth-order valence-corrected chi connectivity index (χ4v) is 1.84. The van der Waals surface area contributed by atoms with E-state index in [2.05, 4.69) is 21.6 Å². The topological polar surface area (TPSA) is 17.8 Å². The molecule has 1 aliphatic rings. The molecule has 1 aromatic heterocycles. The zero-order chi connectivity index (χ0) is 9.10. The fourth-order valence-electron chi connectivity index (χ4n) is 1.84. The molecule has 13 heavy (non-hydrogen) atoms. The Balaban J connectivity index is 2.37. The molecule has 1 aromatic rings. The highest BCUT2D eigenvalue weighted by atomic mass is 15.3. The second-order valence-corrected chi connectivity index (χ2v) is 3.41. The van der Waals surface area contributed by atoms with Crippen molar-refractivity contribution in [1.29, 1.82) is 0 Å². The lowest BCUT2D eigenvalue weighted by atomic mass is 10.1. The molecule has 2 heterocycles. The molecule has 0 aliphatic carbocycles. The van der Waals surface area contributed by atoms with E-state index in [1.54, 1.807) is 0 Å². The number of aromatic nitrogens is 2. The van der Waals surface area contributed by atoms with Crippen LogP contribution in [0.25, 0.3) is 0 Å². The van der Waals surface area contributed by atoms with Gasteiger partial charge in [-0.2, -0.15) is 5.10 Å². The van der Waals surface area contributed by atoms with E-state index < -0.39 is 0 Å². The van der Waals surface area contributed by atoms with E-state index in [-0.39, 0.29) is 0 Å². The van der Waals surface area contributed by atoms with Gasteiger partial charge in [0.05, 0.1) is 17.5 Å². The fraction of sp³-hybridized carbons (Fsp3) is 0.545. The first kappa shape index (κ1) is 8.37. The van der Waals surface area contributed by atoms with Crippen molar-refractivity contribution in [2.24, 2.45) is 0 Å². The van der Waals surface area contributed by atoms with Crippen LogP contribution in [0, 0.1) is 11.8 Å². The minimum absolute atomic E-state index is 1.07. The lowest BCUT2D eigenvalue weighted by molar-refractivity contribution is 0.576. The normalized spacial score (nSPS) is 15.5. The highest BCUT2D eigenvalue weighted by molar-refractivity contribution is 5.36. The summed E-state index contributed by atoms with van der Waals surface area (Å²) in [7, 11) is 0. The van der Waals surface area contributed by atoms with E-state index in [9.17, 15) is 0 Å². The number of aryl methyl sites for hydroxylation is 1. The number of fused-ring (bicyclic) bond motifs is 1. The highest BCUT2D eigenvalue weighted by Crippen LogP contribution is 2.16. The second kappa shape index (κ2) is 3.66. The van der Waals surface area contributed by atoms with Gasteiger partial charge in [-0.05, 0) is 26.2 Å². The average Bonchev–Trinajstić information content (AvgIpc) is 2.38. The molecule has 0 unspecified atom stereocenters. The van der Waals surface area contributed by atoms with Crippen LogP contribution in [0.1, 0.15) is 37.4 Å². The van der Waals surface area contributed by atoms with Gasteiger partial charge in [-0.25, -0.2) is 0 Å². The number of hydrogen-bond acceptors (Lipinski definition) is 1. The molecule has 0 aromatic carbocycles. The Hall–Kier alpha value is -1.23. The largest absolute Gasteiger partial charge is 0.268 e. The van der Waals surface area contributed by atoms with Crippen LogP contribution in [0.15, 0.2) is 6.20 Å². The Kier molecular flexibility index (Phi) is 2.35. The molecule has 2 heteroatoms. The molecule has 0 bridgehead atoms. The van der Waals surface area contributed by atoms with Crippen LogP contribution in [0.4, 0.5) is 0 Å². The van der Waals surface area contributed by atoms with Gasteiger partial charge in [-0.15, -0.1) is 5.92 Å². The maximum Gasteiger partial charge on any atom is 0.0657 e. The summed E-state index contributed by atoms with van der Waals surface area (Å²) < 4.78 is 2.12. The smallest absolute Gasteiger partial charge is 0.0657 e. The summed E-state index contributed by atoms with van der Waals surface area (Å²) in [4.78, 5) is 0. The van der Waals surface area contributed by atoms with E-state index in [0.717, 1.165) is 18.5 Å². The van der Waals surface area contributed by atoms with Crippen LogP contribution >= 0.6 is 0 Å². The molecule has 68 valence electrons. The van der Waals surface area contributed by atoms with Gasteiger partial charge in [-0.3, -0.25) is 4.68 Å². The van der Waals surface area contributed by atoms with Gasteiger partial charge >= 0.3 is 0 Å². The molecule has 0 fully saturated rings. The maximum absolute atomic E-state index is 4.35. The number of nitrogens with zero attached hydrogens (tertiary/aromatic N) is 2. The van der Waals surface area contributed by atoms with Gasteiger partial charge in [0.1, 0.15) is 0 Å². The van der Waals surface area contributed by atoms with Gasteiger partial charge < -0.3 is 0 Å². The molecule has 2 nitrogen and oxygen atoms in total. The molecule has 0 atom stereocenters.